The highest BCUT2D eigenvalue weighted by molar-refractivity contribution is 7.79. The van der Waals surface area contributed by atoms with Crippen molar-refractivity contribution >= 4 is 23.4 Å². The Morgan fingerprint density at radius 2 is 1.80 bits per heavy atom. The Hall–Kier alpha value is -0.930. The van der Waals surface area contributed by atoms with E-state index in [1.807, 2.05) is 0 Å². The topological polar surface area (TPSA) is 6.48 Å². The zero-order chi connectivity index (χ0) is 10.7. The van der Waals surface area contributed by atoms with E-state index in [1.165, 1.54) is 18.4 Å². The lowest BCUT2D eigenvalue weighted by Gasteiger charge is -2.29. The maximum absolute atomic E-state index is 5.08. The molecule has 0 atom stereocenters. The molecule has 1 heterocycles. The zero-order valence-corrected chi connectivity index (χ0v) is 9.83. The van der Waals surface area contributed by atoms with E-state index in [0.29, 0.717) is 0 Å². The quantitative estimate of drug-likeness (QED) is 0.723. The van der Waals surface area contributed by atoms with Crippen molar-refractivity contribution in [3.63, 3.8) is 0 Å². The van der Waals surface area contributed by atoms with E-state index in [2.05, 4.69) is 41.2 Å². The fraction of sp³-hybridized carbons (Fsp3) is 0.417. The summed E-state index contributed by atoms with van der Waals surface area (Å²) in [6.07, 6.45) is 2.54. The molecule has 0 amide bonds. The highest BCUT2D eigenvalue weighted by atomic mass is 32.1. The van der Waals surface area contributed by atoms with Gasteiger partial charge in [-0.3, -0.25) is 5.01 Å². The van der Waals surface area contributed by atoms with Crippen LogP contribution in [0.1, 0.15) is 18.4 Å². The van der Waals surface area contributed by atoms with Crippen LogP contribution in [0.25, 0.3) is 0 Å². The summed E-state index contributed by atoms with van der Waals surface area (Å²) in [5.41, 5.74) is 4.18. The molecule has 0 aliphatic carbocycles. The molecule has 2 rings (SSSR count). The fourth-order valence-electron chi connectivity index (χ4n) is 1.90. The molecule has 0 radical (unpaired) electrons. The Kier molecular flexibility index (Phi) is 3.34. The summed E-state index contributed by atoms with van der Waals surface area (Å²) in [6.45, 7) is 4.32. The van der Waals surface area contributed by atoms with Crippen molar-refractivity contribution in [3.8, 4) is 0 Å². The normalized spacial score (nSPS) is 16.6. The monoisotopic (exact) mass is 220 g/mol. The standard InChI is InChI=1S/C12H16N2S/c1-11-4-6-12(7-5-11)14(10-15)13-8-2-3-9-13/h4-7,10H,2-3,8-9H2,1H3. The molecule has 0 spiro atoms. The third-order valence-electron chi connectivity index (χ3n) is 2.79. The Morgan fingerprint density at radius 3 is 2.33 bits per heavy atom. The predicted molar refractivity (Wildman–Crippen MR) is 68.1 cm³/mol. The first kappa shape index (κ1) is 10.6. The summed E-state index contributed by atoms with van der Waals surface area (Å²) < 4.78 is 0. The van der Waals surface area contributed by atoms with Gasteiger partial charge in [-0.2, -0.15) is 0 Å². The van der Waals surface area contributed by atoms with Gasteiger partial charge >= 0.3 is 0 Å². The van der Waals surface area contributed by atoms with Crippen LogP contribution in [0.2, 0.25) is 0 Å². The molecule has 1 aromatic rings. The number of hydrogen-bond acceptors (Lipinski definition) is 2. The van der Waals surface area contributed by atoms with E-state index in [4.69, 9.17) is 12.2 Å². The van der Waals surface area contributed by atoms with Gasteiger partial charge in [-0.05, 0) is 31.9 Å². The minimum atomic E-state index is 1.11. The molecule has 2 nitrogen and oxygen atoms in total. The van der Waals surface area contributed by atoms with Crippen LogP contribution in [-0.2, 0) is 0 Å². The van der Waals surface area contributed by atoms with Crippen LogP contribution in [-0.4, -0.2) is 23.6 Å². The molecule has 0 aromatic heterocycles. The number of aryl methyl sites for hydroxylation is 1. The van der Waals surface area contributed by atoms with E-state index < -0.39 is 0 Å². The molecule has 1 fully saturated rings. The van der Waals surface area contributed by atoms with Gasteiger partial charge in [0.05, 0.1) is 11.2 Å². The summed E-state index contributed by atoms with van der Waals surface area (Å²) in [4.78, 5) is 0. The summed E-state index contributed by atoms with van der Waals surface area (Å²) in [6, 6.07) is 8.49. The Bertz CT molecular complexity index is 328. The first-order chi connectivity index (χ1) is 7.31. The maximum Gasteiger partial charge on any atom is 0.0848 e. The van der Waals surface area contributed by atoms with Crippen LogP contribution < -0.4 is 5.01 Å². The van der Waals surface area contributed by atoms with Crippen molar-refractivity contribution in [2.45, 2.75) is 19.8 Å². The molecule has 0 saturated carbocycles. The number of benzene rings is 1. The van der Waals surface area contributed by atoms with E-state index >= 15 is 0 Å². The van der Waals surface area contributed by atoms with Crippen molar-refractivity contribution in [1.82, 2.24) is 5.01 Å². The summed E-state index contributed by atoms with van der Waals surface area (Å²) in [7, 11) is 0. The van der Waals surface area contributed by atoms with Crippen LogP contribution in [0.3, 0.4) is 0 Å². The van der Waals surface area contributed by atoms with Gasteiger partial charge in [0.15, 0.2) is 0 Å². The third kappa shape index (κ3) is 2.36. The van der Waals surface area contributed by atoms with Crippen LogP contribution in [0.5, 0.6) is 0 Å². The van der Waals surface area contributed by atoms with Crippen molar-refractivity contribution in [1.29, 1.82) is 0 Å². The molecule has 3 heteroatoms. The van der Waals surface area contributed by atoms with Gasteiger partial charge in [-0.1, -0.05) is 29.9 Å². The van der Waals surface area contributed by atoms with E-state index in [0.717, 1.165) is 18.8 Å². The number of rotatable bonds is 3. The molecule has 1 aliphatic heterocycles. The molecule has 1 saturated heterocycles. The zero-order valence-electron chi connectivity index (χ0n) is 9.02. The molecule has 1 aromatic carbocycles. The minimum absolute atomic E-state index is 1.11. The smallest absolute Gasteiger partial charge is 0.0848 e. The van der Waals surface area contributed by atoms with Gasteiger partial charge in [-0.15, -0.1) is 0 Å². The lowest BCUT2D eigenvalue weighted by Crippen LogP contribution is -2.39. The number of nitrogens with zero attached hydrogens (tertiary/aromatic N) is 2. The summed E-state index contributed by atoms with van der Waals surface area (Å²) >= 11 is 5.08. The van der Waals surface area contributed by atoms with Gasteiger partial charge < -0.3 is 0 Å². The first-order valence-electron chi connectivity index (χ1n) is 5.37. The maximum atomic E-state index is 5.08. The Balaban J connectivity index is 2.18. The highest BCUT2D eigenvalue weighted by Crippen LogP contribution is 2.19. The molecule has 15 heavy (non-hydrogen) atoms. The van der Waals surface area contributed by atoms with E-state index in [-0.39, 0.29) is 0 Å². The molecular weight excluding hydrogens is 204 g/mol. The van der Waals surface area contributed by atoms with E-state index in [1.54, 1.807) is 5.49 Å². The summed E-state index contributed by atoms with van der Waals surface area (Å²) in [5.74, 6) is 0. The molecule has 0 bridgehead atoms. The third-order valence-corrected chi connectivity index (χ3v) is 2.99. The lowest BCUT2D eigenvalue weighted by molar-refractivity contribution is 0.359. The second-order valence-corrected chi connectivity index (χ2v) is 4.16. The van der Waals surface area contributed by atoms with Crippen LogP contribution in [0.4, 0.5) is 5.69 Å². The summed E-state index contributed by atoms with van der Waals surface area (Å²) in [5, 5.41) is 4.39. The number of thiocarbonyl (C=S) groups is 1. The molecular formula is C12H16N2S. The van der Waals surface area contributed by atoms with Crippen molar-refractivity contribution in [3.05, 3.63) is 29.8 Å². The van der Waals surface area contributed by atoms with Crippen LogP contribution >= 0.6 is 12.2 Å². The van der Waals surface area contributed by atoms with Gasteiger partial charge in [0.25, 0.3) is 0 Å². The lowest BCUT2D eigenvalue weighted by atomic mass is 10.2. The Morgan fingerprint density at radius 1 is 1.20 bits per heavy atom. The number of hydrazine groups is 1. The highest BCUT2D eigenvalue weighted by Gasteiger charge is 2.17. The molecule has 0 N–H and O–H groups in total. The fourth-order valence-corrected chi connectivity index (χ4v) is 2.16. The average molecular weight is 220 g/mol. The van der Waals surface area contributed by atoms with Gasteiger partial charge in [0.1, 0.15) is 0 Å². The first-order valence-corrected chi connectivity index (χ1v) is 5.84. The number of anilines is 1. The van der Waals surface area contributed by atoms with E-state index in [9.17, 15) is 0 Å². The second kappa shape index (κ2) is 4.73. The number of hydrogen-bond donors (Lipinski definition) is 0. The Labute approximate surface area is 96.5 Å². The second-order valence-electron chi connectivity index (χ2n) is 3.95. The molecule has 1 aliphatic rings. The minimum Gasteiger partial charge on any atom is -0.271 e. The largest absolute Gasteiger partial charge is 0.271 e. The van der Waals surface area contributed by atoms with Crippen molar-refractivity contribution in [2.75, 3.05) is 18.1 Å². The van der Waals surface area contributed by atoms with Crippen molar-refractivity contribution in [2.24, 2.45) is 0 Å². The van der Waals surface area contributed by atoms with Crippen LogP contribution in [0, 0.1) is 6.92 Å². The average Bonchev–Trinajstić information content (AvgIpc) is 2.75. The van der Waals surface area contributed by atoms with Gasteiger partial charge in [0.2, 0.25) is 0 Å². The SMILES string of the molecule is Cc1ccc(N(C=S)N2CCCC2)cc1. The van der Waals surface area contributed by atoms with Crippen molar-refractivity contribution < 1.29 is 0 Å². The van der Waals surface area contributed by atoms with Gasteiger partial charge in [-0.25, -0.2) is 5.01 Å². The van der Waals surface area contributed by atoms with Gasteiger partial charge in [0, 0.05) is 13.1 Å². The molecule has 0 unspecified atom stereocenters. The molecule has 80 valence electrons. The van der Waals surface area contributed by atoms with Crippen LogP contribution in [0.15, 0.2) is 24.3 Å². The predicted octanol–water partition coefficient (Wildman–Crippen LogP) is 2.77.